The topological polar surface area (TPSA) is 61.5 Å². The molecule has 0 saturated carbocycles. The Balaban J connectivity index is 1.81. The van der Waals surface area contributed by atoms with Gasteiger partial charge in [0.05, 0.1) is 5.69 Å². The summed E-state index contributed by atoms with van der Waals surface area (Å²) in [5.41, 5.74) is 6.37. The van der Waals surface area contributed by atoms with Crippen molar-refractivity contribution < 1.29 is 0 Å². The van der Waals surface area contributed by atoms with Gasteiger partial charge in [-0.15, -0.1) is 5.10 Å². The summed E-state index contributed by atoms with van der Waals surface area (Å²) in [6.45, 7) is 6.92. The first kappa shape index (κ1) is 14.2. The average Bonchev–Trinajstić information content (AvgIpc) is 2.46. The summed E-state index contributed by atoms with van der Waals surface area (Å²) < 4.78 is 0. The molecule has 19 heavy (non-hydrogen) atoms. The Morgan fingerprint density at radius 2 is 1.89 bits per heavy atom. The van der Waals surface area contributed by atoms with E-state index in [1.807, 2.05) is 12.1 Å². The van der Waals surface area contributed by atoms with Crippen molar-refractivity contribution in [1.82, 2.24) is 20.0 Å². The Labute approximate surface area is 115 Å². The van der Waals surface area contributed by atoms with Gasteiger partial charge in [0.1, 0.15) is 0 Å². The highest BCUT2D eigenvalue weighted by Crippen LogP contribution is 2.12. The van der Waals surface area contributed by atoms with Gasteiger partial charge in [-0.25, -0.2) is 0 Å². The molecule has 1 aliphatic rings. The van der Waals surface area contributed by atoms with Crippen molar-refractivity contribution in [3.8, 4) is 0 Å². The lowest BCUT2D eigenvalue weighted by atomic mass is 10.3. The molecule has 6 heteroatoms. The average molecular weight is 264 g/mol. The van der Waals surface area contributed by atoms with Crippen molar-refractivity contribution in [2.45, 2.75) is 6.54 Å². The molecule has 2 N–H and O–H groups in total. The molecule has 1 fully saturated rings. The smallest absolute Gasteiger partial charge is 0.151 e. The van der Waals surface area contributed by atoms with Crippen LogP contribution in [0.25, 0.3) is 0 Å². The Kier molecular flexibility index (Phi) is 5.07. The molecule has 0 unspecified atom stereocenters. The van der Waals surface area contributed by atoms with Crippen LogP contribution in [0.5, 0.6) is 0 Å². The second-order valence-electron chi connectivity index (χ2n) is 5.22. The zero-order chi connectivity index (χ0) is 13.7. The van der Waals surface area contributed by atoms with Crippen LogP contribution in [0, 0.1) is 0 Å². The Hall–Kier alpha value is -1.24. The van der Waals surface area contributed by atoms with Gasteiger partial charge in [0.25, 0.3) is 0 Å². The fourth-order valence-electron chi connectivity index (χ4n) is 2.17. The summed E-state index contributed by atoms with van der Waals surface area (Å²) in [4.78, 5) is 7.01. The number of anilines is 1. The number of nitrogens with zero attached hydrogens (tertiary/aromatic N) is 5. The second kappa shape index (κ2) is 6.79. The summed E-state index contributed by atoms with van der Waals surface area (Å²) in [6.07, 6.45) is 0. The number of nitrogens with two attached hydrogens (primary N) is 1. The molecule has 0 aliphatic carbocycles. The molecule has 1 aromatic rings. The molecule has 0 aromatic carbocycles. The van der Waals surface area contributed by atoms with Crippen LogP contribution >= 0.6 is 0 Å². The Bertz CT molecular complexity index is 369. The zero-order valence-corrected chi connectivity index (χ0v) is 11.9. The minimum absolute atomic E-state index is 0.450. The van der Waals surface area contributed by atoms with Crippen LogP contribution in [0.1, 0.15) is 5.69 Å². The summed E-state index contributed by atoms with van der Waals surface area (Å²) >= 11 is 0. The highest BCUT2D eigenvalue weighted by molar-refractivity contribution is 5.37. The standard InChI is InChI=1S/C13H24N6/c1-17(2)5-6-18-7-9-19(10-8-18)13-4-3-12(11-14)15-16-13/h3-4H,5-11,14H2,1-2H3. The normalized spacial score (nSPS) is 17.2. The molecule has 0 radical (unpaired) electrons. The van der Waals surface area contributed by atoms with Gasteiger partial charge in [-0.1, -0.05) is 0 Å². The van der Waals surface area contributed by atoms with Crippen LogP contribution in [-0.2, 0) is 6.54 Å². The van der Waals surface area contributed by atoms with E-state index < -0.39 is 0 Å². The van der Waals surface area contributed by atoms with Crippen molar-refractivity contribution in [3.05, 3.63) is 17.8 Å². The van der Waals surface area contributed by atoms with Crippen LogP contribution < -0.4 is 10.6 Å². The number of hydrogen-bond donors (Lipinski definition) is 1. The predicted octanol–water partition coefficient (Wildman–Crippen LogP) is -0.381. The van der Waals surface area contributed by atoms with E-state index in [4.69, 9.17) is 5.73 Å². The molecule has 1 aliphatic heterocycles. The van der Waals surface area contributed by atoms with Crippen LogP contribution in [0.15, 0.2) is 12.1 Å². The Morgan fingerprint density at radius 1 is 1.16 bits per heavy atom. The van der Waals surface area contributed by atoms with Gasteiger partial charge in [0.15, 0.2) is 5.82 Å². The minimum atomic E-state index is 0.450. The predicted molar refractivity (Wildman–Crippen MR) is 77.1 cm³/mol. The van der Waals surface area contributed by atoms with Gasteiger partial charge < -0.3 is 15.5 Å². The van der Waals surface area contributed by atoms with E-state index in [9.17, 15) is 0 Å². The molecule has 2 rings (SSSR count). The van der Waals surface area contributed by atoms with Gasteiger partial charge >= 0.3 is 0 Å². The third kappa shape index (κ3) is 4.12. The molecular weight excluding hydrogens is 240 g/mol. The third-order valence-electron chi connectivity index (χ3n) is 3.47. The second-order valence-corrected chi connectivity index (χ2v) is 5.22. The van der Waals surface area contributed by atoms with E-state index in [1.54, 1.807) is 0 Å². The quantitative estimate of drug-likeness (QED) is 0.782. The monoisotopic (exact) mass is 264 g/mol. The van der Waals surface area contributed by atoms with E-state index in [1.165, 1.54) is 0 Å². The summed E-state index contributed by atoms with van der Waals surface area (Å²) in [5.74, 6) is 0.962. The molecule has 1 saturated heterocycles. The molecular formula is C13H24N6. The van der Waals surface area contributed by atoms with Crippen molar-refractivity contribution in [2.75, 3.05) is 58.3 Å². The SMILES string of the molecule is CN(C)CCN1CCN(c2ccc(CN)nn2)CC1. The minimum Gasteiger partial charge on any atom is -0.353 e. The molecule has 0 atom stereocenters. The molecule has 1 aromatic heterocycles. The molecule has 2 heterocycles. The lowest BCUT2D eigenvalue weighted by molar-refractivity contribution is 0.229. The maximum Gasteiger partial charge on any atom is 0.151 e. The van der Waals surface area contributed by atoms with Gasteiger partial charge in [0.2, 0.25) is 0 Å². The molecule has 0 amide bonds. The highest BCUT2D eigenvalue weighted by Gasteiger charge is 2.17. The molecule has 106 valence electrons. The first-order valence-electron chi connectivity index (χ1n) is 6.84. The van der Waals surface area contributed by atoms with Gasteiger partial charge in [-0.2, -0.15) is 5.10 Å². The summed E-state index contributed by atoms with van der Waals surface area (Å²) in [7, 11) is 4.23. The van der Waals surface area contributed by atoms with Crippen LogP contribution in [0.2, 0.25) is 0 Å². The van der Waals surface area contributed by atoms with Gasteiger partial charge in [0, 0.05) is 45.8 Å². The van der Waals surface area contributed by atoms with E-state index in [0.29, 0.717) is 6.54 Å². The number of rotatable bonds is 5. The molecule has 6 nitrogen and oxygen atoms in total. The third-order valence-corrected chi connectivity index (χ3v) is 3.47. The van der Waals surface area contributed by atoms with E-state index in [-0.39, 0.29) is 0 Å². The first-order chi connectivity index (χ1) is 9.19. The number of aromatic nitrogens is 2. The van der Waals surface area contributed by atoms with E-state index in [2.05, 4.69) is 39.0 Å². The van der Waals surface area contributed by atoms with Crippen molar-refractivity contribution in [2.24, 2.45) is 5.73 Å². The van der Waals surface area contributed by atoms with Gasteiger partial charge in [-0.05, 0) is 26.2 Å². The highest BCUT2D eigenvalue weighted by atomic mass is 15.3. The lowest BCUT2D eigenvalue weighted by Crippen LogP contribution is -2.48. The van der Waals surface area contributed by atoms with Crippen molar-refractivity contribution in [1.29, 1.82) is 0 Å². The fraction of sp³-hybridized carbons (Fsp3) is 0.692. The van der Waals surface area contributed by atoms with Crippen LogP contribution in [-0.4, -0.2) is 73.4 Å². The Morgan fingerprint density at radius 3 is 2.42 bits per heavy atom. The zero-order valence-electron chi connectivity index (χ0n) is 11.9. The van der Waals surface area contributed by atoms with Gasteiger partial charge in [-0.3, -0.25) is 4.90 Å². The first-order valence-corrected chi connectivity index (χ1v) is 6.84. The van der Waals surface area contributed by atoms with Crippen LogP contribution in [0.3, 0.4) is 0 Å². The van der Waals surface area contributed by atoms with Crippen molar-refractivity contribution in [3.63, 3.8) is 0 Å². The van der Waals surface area contributed by atoms with Crippen LogP contribution in [0.4, 0.5) is 5.82 Å². The van der Waals surface area contributed by atoms with Crippen molar-refractivity contribution >= 4 is 5.82 Å². The number of likely N-dealkylation sites (N-methyl/N-ethyl adjacent to an activating group) is 1. The molecule has 0 spiro atoms. The van der Waals surface area contributed by atoms with E-state index >= 15 is 0 Å². The molecule has 0 bridgehead atoms. The largest absolute Gasteiger partial charge is 0.353 e. The number of hydrogen-bond acceptors (Lipinski definition) is 6. The maximum atomic E-state index is 5.53. The number of piperazine rings is 1. The maximum absolute atomic E-state index is 5.53. The lowest BCUT2D eigenvalue weighted by Gasteiger charge is -2.35. The van der Waals surface area contributed by atoms with E-state index in [0.717, 1.165) is 50.8 Å². The fourth-order valence-corrected chi connectivity index (χ4v) is 2.17. The summed E-state index contributed by atoms with van der Waals surface area (Å²) in [6, 6.07) is 3.98. The summed E-state index contributed by atoms with van der Waals surface area (Å²) in [5, 5.41) is 8.36.